The van der Waals surface area contributed by atoms with Crippen LogP contribution in [0.2, 0.25) is 0 Å². The molecule has 1 unspecified atom stereocenters. The van der Waals surface area contributed by atoms with Gasteiger partial charge in [0, 0.05) is 12.3 Å². The summed E-state index contributed by atoms with van der Waals surface area (Å²) in [5, 5.41) is 2.68. The maximum absolute atomic E-state index is 11.8. The zero-order chi connectivity index (χ0) is 12.4. The second kappa shape index (κ2) is 4.71. The third-order valence-electron chi connectivity index (χ3n) is 2.88. The third-order valence-corrected chi connectivity index (χ3v) is 3.98. The molecule has 1 amide bonds. The van der Waals surface area contributed by atoms with Crippen LogP contribution in [0.15, 0.2) is 0 Å². The van der Waals surface area contributed by atoms with Gasteiger partial charge in [-0.3, -0.25) is 4.79 Å². The van der Waals surface area contributed by atoms with Crippen molar-refractivity contribution in [2.45, 2.75) is 44.2 Å². The molecule has 0 aliphatic heterocycles. The van der Waals surface area contributed by atoms with E-state index in [-0.39, 0.29) is 17.7 Å². The zero-order valence-corrected chi connectivity index (χ0v) is 10.6. The Bertz CT molecular complexity index is 358. The second-order valence-electron chi connectivity index (χ2n) is 4.83. The fourth-order valence-corrected chi connectivity index (χ4v) is 3.09. The monoisotopic (exact) mass is 248 g/mol. The molecule has 1 aliphatic carbocycles. The summed E-state index contributed by atoms with van der Waals surface area (Å²) in [4.78, 5) is 11.8. The van der Waals surface area contributed by atoms with Gasteiger partial charge in [0.25, 0.3) is 0 Å². The highest BCUT2D eigenvalue weighted by atomic mass is 32.2. The molecule has 6 heteroatoms. The molecule has 1 aliphatic rings. The minimum atomic E-state index is -3.07. The average molecular weight is 248 g/mol. The molecule has 5 nitrogen and oxygen atoms in total. The number of nitrogens with one attached hydrogen (secondary N) is 1. The average Bonchev–Trinajstić information content (AvgIpc) is 2.49. The maximum Gasteiger partial charge on any atom is 0.240 e. The van der Waals surface area contributed by atoms with Crippen molar-refractivity contribution in [1.29, 1.82) is 0 Å². The van der Waals surface area contributed by atoms with Crippen molar-refractivity contribution in [1.82, 2.24) is 5.32 Å². The van der Waals surface area contributed by atoms with Crippen molar-refractivity contribution in [2.24, 2.45) is 5.73 Å². The summed E-state index contributed by atoms with van der Waals surface area (Å²) in [6, 6.07) is -0.386. The second-order valence-corrected chi connectivity index (χ2v) is 7.02. The number of rotatable bonds is 4. The van der Waals surface area contributed by atoms with Crippen molar-refractivity contribution >= 4 is 15.7 Å². The molecule has 0 heterocycles. The van der Waals surface area contributed by atoms with Crippen molar-refractivity contribution < 1.29 is 13.2 Å². The predicted molar refractivity (Wildman–Crippen MR) is 62.7 cm³/mol. The molecule has 3 N–H and O–H groups in total. The van der Waals surface area contributed by atoms with Gasteiger partial charge in [-0.2, -0.15) is 0 Å². The van der Waals surface area contributed by atoms with Gasteiger partial charge in [-0.05, 0) is 19.8 Å². The maximum atomic E-state index is 11.8. The fourth-order valence-electron chi connectivity index (χ4n) is 2.10. The van der Waals surface area contributed by atoms with Crippen molar-refractivity contribution in [3.05, 3.63) is 0 Å². The zero-order valence-electron chi connectivity index (χ0n) is 9.82. The van der Waals surface area contributed by atoms with E-state index in [2.05, 4.69) is 5.32 Å². The molecule has 1 atom stereocenters. The Balaban J connectivity index is 2.51. The highest BCUT2D eigenvalue weighted by Crippen LogP contribution is 2.27. The number of amides is 1. The van der Waals surface area contributed by atoms with E-state index >= 15 is 0 Å². The van der Waals surface area contributed by atoms with E-state index in [1.807, 2.05) is 0 Å². The molecule has 1 saturated carbocycles. The molecule has 0 spiro atoms. The smallest absolute Gasteiger partial charge is 0.240 e. The van der Waals surface area contributed by atoms with Crippen molar-refractivity contribution in [3.8, 4) is 0 Å². The lowest BCUT2D eigenvalue weighted by Crippen LogP contribution is -2.54. The van der Waals surface area contributed by atoms with Gasteiger partial charge in [0.2, 0.25) is 5.91 Å². The highest BCUT2D eigenvalue weighted by molar-refractivity contribution is 7.90. The lowest BCUT2D eigenvalue weighted by Gasteiger charge is -2.24. The number of carbonyl (C=O) groups excluding carboxylic acids is 1. The molecule has 0 saturated heterocycles. The molecule has 94 valence electrons. The van der Waals surface area contributed by atoms with Crippen LogP contribution < -0.4 is 11.1 Å². The van der Waals surface area contributed by atoms with Crippen LogP contribution in [0.1, 0.15) is 32.6 Å². The SMILES string of the molecule is CC(CS(C)(=O)=O)NC(=O)C1(N)CCCC1. The molecule has 0 aromatic carbocycles. The summed E-state index contributed by atoms with van der Waals surface area (Å²) in [5.74, 6) is -0.268. The molecule has 1 rings (SSSR count). The fraction of sp³-hybridized carbons (Fsp3) is 0.900. The predicted octanol–water partition coefficient (Wildman–Crippen LogP) is -0.193. The van der Waals surface area contributed by atoms with Crippen LogP contribution in [-0.2, 0) is 14.6 Å². The topological polar surface area (TPSA) is 89.3 Å². The van der Waals surface area contributed by atoms with Gasteiger partial charge in [0.1, 0.15) is 9.84 Å². The Labute approximate surface area is 96.7 Å². The molecule has 0 bridgehead atoms. The van der Waals surface area contributed by atoms with E-state index in [1.54, 1.807) is 6.92 Å². The molecule has 0 aromatic rings. The molecular formula is C10H20N2O3S. The van der Waals surface area contributed by atoms with Crippen LogP contribution in [-0.4, -0.2) is 37.9 Å². The normalized spacial score (nSPS) is 21.7. The van der Waals surface area contributed by atoms with Crippen LogP contribution in [0.4, 0.5) is 0 Å². The first-order chi connectivity index (χ1) is 7.23. The first-order valence-corrected chi connectivity index (χ1v) is 7.56. The minimum Gasteiger partial charge on any atom is -0.351 e. The van der Waals surface area contributed by atoms with E-state index in [4.69, 9.17) is 5.73 Å². The quantitative estimate of drug-likeness (QED) is 0.721. The Morgan fingerprint density at radius 1 is 1.44 bits per heavy atom. The van der Waals surface area contributed by atoms with E-state index in [0.29, 0.717) is 12.8 Å². The lowest BCUT2D eigenvalue weighted by molar-refractivity contribution is -0.126. The highest BCUT2D eigenvalue weighted by Gasteiger charge is 2.37. The number of nitrogens with two attached hydrogens (primary N) is 1. The number of hydrogen-bond donors (Lipinski definition) is 2. The minimum absolute atomic E-state index is 0.0468. The van der Waals surface area contributed by atoms with Gasteiger partial charge in [0.15, 0.2) is 0 Å². The van der Waals surface area contributed by atoms with Crippen molar-refractivity contribution in [2.75, 3.05) is 12.0 Å². The largest absolute Gasteiger partial charge is 0.351 e. The van der Waals surface area contributed by atoms with Gasteiger partial charge < -0.3 is 11.1 Å². The van der Waals surface area contributed by atoms with Crippen LogP contribution >= 0.6 is 0 Å². The van der Waals surface area contributed by atoms with Crippen LogP contribution in [0, 0.1) is 0 Å². The van der Waals surface area contributed by atoms with Gasteiger partial charge in [-0.1, -0.05) is 12.8 Å². The van der Waals surface area contributed by atoms with E-state index in [9.17, 15) is 13.2 Å². The van der Waals surface area contributed by atoms with Gasteiger partial charge in [-0.15, -0.1) is 0 Å². The molecule has 1 fully saturated rings. The summed E-state index contributed by atoms with van der Waals surface area (Å²) < 4.78 is 22.1. The number of hydrogen-bond acceptors (Lipinski definition) is 4. The van der Waals surface area contributed by atoms with E-state index < -0.39 is 15.4 Å². The van der Waals surface area contributed by atoms with E-state index in [0.717, 1.165) is 19.1 Å². The lowest BCUT2D eigenvalue weighted by atomic mass is 9.98. The van der Waals surface area contributed by atoms with Gasteiger partial charge >= 0.3 is 0 Å². The molecule has 0 radical (unpaired) electrons. The summed E-state index contributed by atoms with van der Waals surface area (Å²) in [6.07, 6.45) is 4.45. The summed E-state index contributed by atoms with van der Waals surface area (Å²) in [6.45, 7) is 1.68. The summed E-state index contributed by atoms with van der Waals surface area (Å²) in [7, 11) is -3.07. The van der Waals surface area contributed by atoms with Crippen LogP contribution in [0.25, 0.3) is 0 Å². The first kappa shape index (κ1) is 13.4. The van der Waals surface area contributed by atoms with Crippen molar-refractivity contribution in [3.63, 3.8) is 0 Å². The van der Waals surface area contributed by atoms with Crippen LogP contribution in [0.5, 0.6) is 0 Å². The Hall–Kier alpha value is -0.620. The standard InChI is InChI=1S/C10H20N2O3S/c1-8(7-16(2,14)15)12-9(13)10(11)5-3-4-6-10/h8H,3-7,11H2,1-2H3,(H,12,13). The Morgan fingerprint density at radius 3 is 2.38 bits per heavy atom. The molecule has 16 heavy (non-hydrogen) atoms. The third kappa shape index (κ3) is 3.75. The molecule has 0 aromatic heterocycles. The van der Waals surface area contributed by atoms with E-state index in [1.165, 1.54) is 0 Å². The number of sulfone groups is 1. The summed E-state index contributed by atoms with van der Waals surface area (Å²) >= 11 is 0. The van der Waals surface area contributed by atoms with Gasteiger partial charge in [-0.25, -0.2) is 8.42 Å². The van der Waals surface area contributed by atoms with Gasteiger partial charge in [0.05, 0.1) is 11.3 Å². The Kier molecular flexibility index (Phi) is 3.96. The summed E-state index contributed by atoms with van der Waals surface area (Å²) in [5.41, 5.74) is 5.17. The number of carbonyl (C=O) groups is 1. The first-order valence-electron chi connectivity index (χ1n) is 5.50. The Morgan fingerprint density at radius 2 is 1.94 bits per heavy atom. The molecular weight excluding hydrogens is 228 g/mol. The van der Waals surface area contributed by atoms with Crippen LogP contribution in [0.3, 0.4) is 0 Å².